The molecule has 4 nitrogen and oxygen atoms in total. The van der Waals surface area contributed by atoms with Gasteiger partial charge in [0.15, 0.2) is 5.69 Å². The van der Waals surface area contributed by atoms with Crippen LogP contribution in [0.15, 0.2) is 24.3 Å². The second kappa shape index (κ2) is 5.68. The number of hydrogen-bond donors (Lipinski definition) is 1. The summed E-state index contributed by atoms with van der Waals surface area (Å²) in [6.45, 7) is 2.67. The molecule has 0 saturated heterocycles. The van der Waals surface area contributed by atoms with Gasteiger partial charge in [-0.25, -0.2) is 9.07 Å². The number of halogens is 1. The number of benzene rings is 1. The van der Waals surface area contributed by atoms with Gasteiger partial charge in [0.1, 0.15) is 5.82 Å². The minimum Gasteiger partial charge on any atom is -0.351 e. The van der Waals surface area contributed by atoms with Crippen LogP contribution in [0.1, 0.15) is 41.5 Å². The quantitative estimate of drug-likeness (QED) is 0.939. The molecule has 0 radical (unpaired) electrons. The fourth-order valence-electron chi connectivity index (χ4n) is 2.74. The molecular formula is C16H18FN3O. The van der Waals surface area contributed by atoms with Crippen molar-refractivity contribution in [2.75, 3.05) is 6.54 Å². The summed E-state index contributed by atoms with van der Waals surface area (Å²) in [4.78, 5) is 12.2. The number of nitrogens with zero attached hydrogens (tertiary/aromatic N) is 2. The summed E-state index contributed by atoms with van der Waals surface area (Å²) in [5, 5.41) is 7.34. The molecule has 0 fully saturated rings. The number of rotatable bonds is 4. The predicted octanol–water partition coefficient (Wildman–Crippen LogP) is 2.64. The Balaban J connectivity index is 1.99. The van der Waals surface area contributed by atoms with E-state index < -0.39 is 0 Å². The van der Waals surface area contributed by atoms with Crippen molar-refractivity contribution in [2.24, 2.45) is 0 Å². The van der Waals surface area contributed by atoms with Gasteiger partial charge in [0, 0.05) is 17.8 Å². The second-order valence-electron chi connectivity index (χ2n) is 5.27. The SMILES string of the molecule is CCCNC(=O)c1nn(-c2ccc(F)cc2)c2c1CCC2. The monoisotopic (exact) mass is 287 g/mol. The lowest BCUT2D eigenvalue weighted by Gasteiger charge is -2.05. The maximum Gasteiger partial charge on any atom is 0.272 e. The van der Waals surface area contributed by atoms with Crippen LogP contribution < -0.4 is 5.32 Å². The maximum atomic E-state index is 13.1. The van der Waals surface area contributed by atoms with E-state index in [0.717, 1.165) is 42.6 Å². The van der Waals surface area contributed by atoms with Crippen molar-refractivity contribution < 1.29 is 9.18 Å². The van der Waals surface area contributed by atoms with Crippen LogP contribution in [0.5, 0.6) is 0 Å². The van der Waals surface area contributed by atoms with Crippen molar-refractivity contribution in [1.29, 1.82) is 0 Å². The lowest BCUT2D eigenvalue weighted by atomic mass is 10.2. The first-order valence-electron chi connectivity index (χ1n) is 7.35. The largest absolute Gasteiger partial charge is 0.351 e. The zero-order chi connectivity index (χ0) is 14.8. The Morgan fingerprint density at radius 3 is 2.81 bits per heavy atom. The summed E-state index contributed by atoms with van der Waals surface area (Å²) < 4.78 is 14.8. The highest BCUT2D eigenvalue weighted by molar-refractivity contribution is 5.94. The Hall–Kier alpha value is -2.17. The molecule has 0 aliphatic heterocycles. The van der Waals surface area contributed by atoms with Gasteiger partial charge in [0.25, 0.3) is 5.91 Å². The van der Waals surface area contributed by atoms with Crippen LogP contribution in [0, 0.1) is 5.82 Å². The highest BCUT2D eigenvalue weighted by Gasteiger charge is 2.26. The number of fused-ring (bicyclic) bond motifs is 1. The van der Waals surface area contributed by atoms with E-state index in [9.17, 15) is 9.18 Å². The van der Waals surface area contributed by atoms with Crippen molar-refractivity contribution in [3.63, 3.8) is 0 Å². The van der Waals surface area contributed by atoms with E-state index in [2.05, 4.69) is 10.4 Å². The molecule has 2 aromatic rings. The fraction of sp³-hybridized carbons (Fsp3) is 0.375. The minimum absolute atomic E-state index is 0.115. The van der Waals surface area contributed by atoms with Crippen molar-refractivity contribution in [1.82, 2.24) is 15.1 Å². The lowest BCUT2D eigenvalue weighted by Crippen LogP contribution is -2.25. The molecule has 1 heterocycles. The Labute approximate surface area is 123 Å². The second-order valence-corrected chi connectivity index (χ2v) is 5.27. The van der Waals surface area contributed by atoms with Crippen molar-refractivity contribution in [3.8, 4) is 5.69 Å². The Bertz CT molecular complexity index is 661. The predicted molar refractivity (Wildman–Crippen MR) is 78.2 cm³/mol. The smallest absolute Gasteiger partial charge is 0.272 e. The number of carbonyl (C=O) groups is 1. The van der Waals surface area contributed by atoms with E-state index in [0.29, 0.717) is 12.2 Å². The summed E-state index contributed by atoms with van der Waals surface area (Å²) >= 11 is 0. The van der Waals surface area contributed by atoms with Crippen molar-refractivity contribution in [2.45, 2.75) is 32.6 Å². The molecule has 3 rings (SSSR count). The van der Waals surface area contributed by atoms with Crippen LogP contribution in [0.3, 0.4) is 0 Å². The maximum absolute atomic E-state index is 13.1. The van der Waals surface area contributed by atoms with Gasteiger partial charge in [0.05, 0.1) is 5.69 Å². The summed E-state index contributed by atoms with van der Waals surface area (Å²) in [7, 11) is 0. The topological polar surface area (TPSA) is 46.9 Å². The average molecular weight is 287 g/mol. The molecule has 0 saturated carbocycles. The number of carbonyl (C=O) groups excluding carboxylic acids is 1. The summed E-state index contributed by atoms with van der Waals surface area (Å²) in [5.74, 6) is -0.390. The number of aromatic nitrogens is 2. The molecule has 5 heteroatoms. The molecule has 1 aromatic carbocycles. The van der Waals surface area contributed by atoms with Crippen LogP contribution in [0.4, 0.5) is 4.39 Å². The van der Waals surface area contributed by atoms with Crippen LogP contribution in [-0.4, -0.2) is 22.2 Å². The number of hydrogen-bond acceptors (Lipinski definition) is 2. The summed E-state index contributed by atoms with van der Waals surface area (Å²) in [5.41, 5.74) is 3.42. The molecule has 1 aromatic heterocycles. The van der Waals surface area contributed by atoms with E-state index in [1.165, 1.54) is 12.1 Å². The molecule has 21 heavy (non-hydrogen) atoms. The molecule has 0 bridgehead atoms. The lowest BCUT2D eigenvalue weighted by molar-refractivity contribution is 0.0947. The molecule has 0 unspecified atom stereocenters. The third kappa shape index (κ3) is 2.55. The van der Waals surface area contributed by atoms with Gasteiger partial charge >= 0.3 is 0 Å². The molecule has 1 aliphatic rings. The van der Waals surface area contributed by atoms with Gasteiger partial charge < -0.3 is 5.32 Å². The van der Waals surface area contributed by atoms with Gasteiger partial charge in [-0.3, -0.25) is 4.79 Å². The van der Waals surface area contributed by atoms with Crippen LogP contribution >= 0.6 is 0 Å². The van der Waals surface area contributed by atoms with Gasteiger partial charge in [-0.1, -0.05) is 6.92 Å². The van der Waals surface area contributed by atoms with Crippen LogP contribution in [0.25, 0.3) is 5.69 Å². The van der Waals surface area contributed by atoms with E-state index in [1.807, 2.05) is 6.92 Å². The Kier molecular flexibility index (Phi) is 3.73. The van der Waals surface area contributed by atoms with Gasteiger partial charge in [-0.15, -0.1) is 0 Å². The first-order valence-corrected chi connectivity index (χ1v) is 7.35. The van der Waals surface area contributed by atoms with Gasteiger partial charge in [-0.05, 0) is 49.9 Å². The van der Waals surface area contributed by atoms with E-state index in [4.69, 9.17) is 0 Å². The zero-order valence-corrected chi connectivity index (χ0v) is 12.0. The molecule has 0 atom stereocenters. The van der Waals surface area contributed by atoms with Crippen LogP contribution in [0.2, 0.25) is 0 Å². The van der Waals surface area contributed by atoms with E-state index in [-0.39, 0.29) is 11.7 Å². The van der Waals surface area contributed by atoms with E-state index in [1.54, 1.807) is 16.8 Å². The standard InChI is InChI=1S/C16H18FN3O/c1-2-10-18-16(21)15-13-4-3-5-14(13)20(19-15)12-8-6-11(17)7-9-12/h6-9H,2-5,10H2,1H3,(H,18,21). The third-order valence-corrected chi connectivity index (χ3v) is 3.75. The molecule has 110 valence electrons. The zero-order valence-electron chi connectivity index (χ0n) is 12.0. The van der Waals surface area contributed by atoms with E-state index >= 15 is 0 Å². The Morgan fingerprint density at radius 1 is 1.33 bits per heavy atom. The van der Waals surface area contributed by atoms with Crippen molar-refractivity contribution >= 4 is 5.91 Å². The highest BCUT2D eigenvalue weighted by atomic mass is 19.1. The average Bonchev–Trinajstić information content (AvgIpc) is 3.08. The molecule has 1 amide bonds. The normalized spacial score (nSPS) is 13.2. The molecule has 1 N–H and O–H groups in total. The molecule has 1 aliphatic carbocycles. The molecule has 0 spiro atoms. The third-order valence-electron chi connectivity index (χ3n) is 3.75. The Morgan fingerprint density at radius 2 is 2.10 bits per heavy atom. The fourth-order valence-corrected chi connectivity index (χ4v) is 2.74. The van der Waals surface area contributed by atoms with Crippen molar-refractivity contribution in [3.05, 3.63) is 47.0 Å². The number of nitrogens with one attached hydrogen (secondary N) is 1. The van der Waals surface area contributed by atoms with Gasteiger partial charge in [-0.2, -0.15) is 5.10 Å². The first kappa shape index (κ1) is 13.8. The summed E-state index contributed by atoms with van der Waals surface area (Å²) in [6, 6.07) is 6.20. The molecular weight excluding hydrogens is 269 g/mol. The minimum atomic E-state index is -0.275. The highest BCUT2D eigenvalue weighted by Crippen LogP contribution is 2.27. The summed E-state index contributed by atoms with van der Waals surface area (Å²) in [6.07, 6.45) is 3.71. The number of amides is 1. The van der Waals surface area contributed by atoms with Crippen LogP contribution in [-0.2, 0) is 12.8 Å². The first-order chi connectivity index (χ1) is 10.2. The van der Waals surface area contributed by atoms with Gasteiger partial charge in [0.2, 0.25) is 0 Å².